The van der Waals surface area contributed by atoms with E-state index in [1.165, 1.54) is 11.9 Å². The van der Waals surface area contributed by atoms with Crippen molar-refractivity contribution < 1.29 is 5.11 Å². The third-order valence-electron chi connectivity index (χ3n) is 5.90. The lowest BCUT2D eigenvalue weighted by Crippen LogP contribution is -2.29. The lowest BCUT2D eigenvalue weighted by Gasteiger charge is -2.26. The first kappa shape index (κ1) is 19.3. The minimum absolute atomic E-state index is 0.201. The summed E-state index contributed by atoms with van der Waals surface area (Å²) >= 11 is 1.66. The molecule has 0 aliphatic heterocycles. The molecular formula is C22H22N8OS. The Morgan fingerprint density at radius 2 is 2.09 bits per heavy atom. The highest BCUT2D eigenvalue weighted by atomic mass is 32.1. The summed E-state index contributed by atoms with van der Waals surface area (Å²) in [5.41, 5.74) is 4.64. The number of anilines is 1. The first-order chi connectivity index (χ1) is 15.7. The Balaban J connectivity index is 1.22. The number of fused-ring (bicyclic) bond motifs is 2. The van der Waals surface area contributed by atoms with E-state index in [4.69, 9.17) is 4.98 Å². The Kier molecular flexibility index (Phi) is 4.80. The number of hydrogen-bond acceptors (Lipinski definition) is 8. The van der Waals surface area contributed by atoms with Crippen LogP contribution in [0.4, 0.5) is 5.13 Å². The summed E-state index contributed by atoms with van der Waals surface area (Å²) in [7, 11) is 0. The zero-order valence-electron chi connectivity index (χ0n) is 17.3. The van der Waals surface area contributed by atoms with Crippen LogP contribution < -0.4 is 5.32 Å². The van der Waals surface area contributed by atoms with Gasteiger partial charge in [0.05, 0.1) is 41.1 Å². The Labute approximate surface area is 187 Å². The number of rotatable bonds is 5. The largest absolute Gasteiger partial charge is 0.393 e. The maximum absolute atomic E-state index is 9.92. The van der Waals surface area contributed by atoms with E-state index in [1.807, 2.05) is 17.0 Å². The minimum Gasteiger partial charge on any atom is -0.393 e. The molecule has 2 atom stereocenters. The first-order valence-corrected chi connectivity index (χ1v) is 11.5. The molecule has 6 rings (SSSR count). The number of aliphatic hydroxyl groups is 1. The number of nitrogens with zero attached hydrogens (tertiary/aromatic N) is 7. The molecule has 0 unspecified atom stereocenters. The molecule has 1 saturated carbocycles. The predicted octanol–water partition coefficient (Wildman–Crippen LogP) is 3.39. The van der Waals surface area contributed by atoms with Gasteiger partial charge in [-0.15, -0.1) is 0 Å². The highest BCUT2D eigenvalue weighted by Crippen LogP contribution is 2.30. The van der Waals surface area contributed by atoms with Crippen molar-refractivity contribution in [3.63, 3.8) is 0 Å². The van der Waals surface area contributed by atoms with Crippen molar-refractivity contribution in [3.8, 4) is 5.69 Å². The Morgan fingerprint density at radius 3 is 2.97 bits per heavy atom. The smallest absolute Gasteiger partial charge is 0.184 e. The van der Waals surface area contributed by atoms with E-state index in [1.54, 1.807) is 28.5 Å². The van der Waals surface area contributed by atoms with E-state index in [2.05, 4.69) is 43.6 Å². The van der Waals surface area contributed by atoms with E-state index in [-0.39, 0.29) is 6.10 Å². The minimum atomic E-state index is -0.201. The van der Waals surface area contributed by atoms with Gasteiger partial charge in [-0.2, -0.15) is 5.10 Å². The summed E-state index contributed by atoms with van der Waals surface area (Å²) in [5.74, 6) is 0. The molecule has 4 heterocycles. The molecule has 10 heteroatoms. The van der Waals surface area contributed by atoms with Gasteiger partial charge < -0.3 is 15.0 Å². The highest BCUT2D eigenvalue weighted by molar-refractivity contribution is 7.22. The average Bonchev–Trinajstić information content (AvgIpc) is 3.53. The van der Waals surface area contributed by atoms with Gasteiger partial charge in [0.25, 0.3) is 0 Å². The van der Waals surface area contributed by atoms with E-state index in [0.717, 1.165) is 57.9 Å². The number of benzene rings is 1. The third-order valence-corrected chi connectivity index (χ3v) is 6.85. The predicted molar refractivity (Wildman–Crippen MR) is 123 cm³/mol. The van der Waals surface area contributed by atoms with Crippen LogP contribution in [0.15, 0.2) is 49.4 Å². The second-order valence-electron chi connectivity index (χ2n) is 8.23. The first-order valence-electron chi connectivity index (χ1n) is 10.7. The summed E-state index contributed by atoms with van der Waals surface area (Å²) in [4.78, 5) is 17.8. The molecule has 0 amide bonds. The van der Waals surface area contributed by atoms with Gasteiger partial charge in [-0.3, -0.25) is 0 Å². The monoisotopic (exact) mass is 446 g/mol. The van der Waals surface area contributed by atoms with Crippen LogP contribution in [0, 0.1) is 0 Å². The number of aromatic nitrogens is 7. The molecule has 2 N–H and O–H groups in total. The molecule has 1 fully saturated rings. The van der Waals surface area contributed by atoms with E-state index in [9.17, 15) is 5.11 Å². The molecule has 0 radical (unpaired) electrons. The molecule has 32 heavy (non-hydrogen) atoms. The number of aliphatic hydroxyl groups excluding tert-OH is 1. The van der Waals surface area contributed by atoms with E-state index >= 15 is 0 Å². The van der Waals surface area contributed by atoms with Gasteiger partial charge in [0.1, 0.15) is 18.2 Å². The van der Waals surface area contributed by atoms with Gasteiger partial charge in [-0.25, -0.2) is 24.6 Å². The van der Waals surface area contributed by atoms with Gasteiger partial charge in [-0.1, -0.05) is 17.4 Å². The van der Waals surface area contributed by atoms with Crippen LogP contribution in [0.2, 0.25) is 0 Å². The molecule has 9 nitrogen and oxygen atoms in total. The Morgan fingerprint density at radius 1 is 1.12 bits per heavy atom. The van der Waals surface area contributed by atoms with Crippen LogP contribution in [0.1, 0.15) is 31.2 Å². The van der Waals surface area contributed by atoms with Gasteiger partial charge >= 0.3 is 0 Å². The number of imidazole rings is 1. The highest BCUT2D eigenvalue weighted by Gasteiger charge is 2.21. The number of thiazole rings is 1. The van der Waals surface area contributed by atoms with Crippen LogP contribution in [-0.4, -0.2) is 51.5 Å². The summed E-state index contributed by atoms with van der Waals surface area (Å²) < 4.78 is 4.86. The van der Waals surface area contributed by atoms with Crippen LogP contribution in [0.3, 0.4) is 0 Å². The Hall–Kier alpha value is -3.37. The zero-order valence-corrected chi connectivity index (χ0v) is 18.1. The summed E-state index contributed by atoms with van der Waals surface area (Å²) in [6.07, 6.45) is 10.4. The quantitative estimate of drug-likeness (QED) is 0.426. The molecule has 1 aromatic carbocycles. The molecule has 0 saturated heterocycles. The fourth-order valence-corrected chi connectivity index (χ4v) is 5.32. The molecule has 1 aliphatic rings. The van der Waals surface area contributed by atoms with Crippen molar-refractivity contribution in [2.75, 3.05) is 5.32 Å². The van der Waals surface area contributed by atoms with Gasteiger partial charge in [0, 0.05) is 6.04 Å². The number of pyridine rings is 1. The molecule has 0 spiro atoms. The van der Waals surface area contributed by atoms with Crippen LogP contribution in [0.5, 0.6) is 0 Å². The molecule has 162 valence electrons. The normalized spacial score (nSPS) is 19.0. The number of hydrogen-bond donors (Lipinski definition) is 2. The van der Waals surface area contributed by atoms with Crippen LogP contribution in [0.25, 0.3) is 27.1 Å². The van der Waals surface area contributed by atoms with Crippen molar-refractivity contribution in [3.05, 3.63) is 55.0 Å². The molecule has 0 bridgehead atoms. The zero-order chi connectivity index (χ0) is 21.5. The SMILES string of the molecule is O[C@@H]1CCC[C@@H](Nc2nc3ccc(Cn4cnc5cc(-n6cncn6)cnc54)cc3s2)C1. The number of nitrogens with one attached hydrogen (secondary N) is 1. The molecular weight excluding hydrogens is 424 g/mol. The summed E-state index contributed by atoms with van der Waals surface area (Å²) in [5, 5.41) is 18.5. The van der Waals surface area contributed by atoms with Crippen molar-refractivity contribution >= 4 is 37.8 Å². The Bertz CT molecular complexity index is 1380. The van der Waals surface area contributed by atoms with E-state index < -0.39 is 0 Å². The van der Waals surface area contributed by atoms with Gasteiger partial charge in [0.15, 0.2) is 10.8 Å². The summed E-state index contributed by atoms with van der Waals surface area (Å²) in [6, 6.07) is 8.61. The second-order valence-corrected chi connectivity index (χ2v) is 9.26. The fourth-order valence-electron chi connectivity index (χ4n) is 4.32. The van der Waals surface area contributed by atoms with Crippen molar-refractivity contribution in [1.82, 2.24) is 34.3 Å². The van der Waals surface area contributed by atoms with Crippen LogP contribution >= 0.6 is 11.3 Å². The van der Waals surface area contributed by atoms with Crippen molar-refractivity contribution in [1.29, 1.82) is 0 Å². The third kappa shape index (κ3) is 3.71. The lowest BCUT2D eigenvalue weighted by atomic mass is 9.93. The topological polar surface area (TPSA) is 107 Å². The van der Waals surface area contributed by atoms with Gasteiger partial charge in [0.2, 0.25) is 0 Å². The van der Waals surface area contributed by atoms with Crippen molar-refractivity contribution in [2.45, 2.75) is 44.4 Å². The summed E-state index contributed by atoms with van der Waals surface area (Å²) in [6.45, 7) is 0.678. The van der Waals surface area contributed by atoms with Crippen molar-refractivity contribution in [2.24, 2.45) is 0 Å². The average molecular weight is 447 g/mol. The second kappa shape index (κ2) is 7.95. The maximum atomic E-state index is 9.92. The van der Waals surface area contributed by atoms with Crippen LogP contribution in [-0.2, 0) is 6.54 Å². The fraction of sp³-hybridized carbons (Fsp3) is 0.318. The standard InChI is InChI=1S/C22H22N8OS/c31-17-3-1-2-15(7-17)27-22-28-18-5-4-14(6-20(18)32-22)10-29-13-25-19-8-16(9-24-21(19)29)30-12-23-11-26-30/h4-6,8-9,11-13,15,17,31H,1-3,7,10H2,(H,27,28)/t15-,17-/m1/s1. The molecule has 4 aromatic heterocycles. The van der Waals surface area contributed by atoms with Gasteiger partial charge in [-0.05, 0) is 49.4 Å². The molecule has 5 aromatic rings. The maximum Gasteiger partial charge on any atom is 0.184 e. The van der Waals surface area contributed by atoms with E-state index in [0.29, 0.717) is 12.6 Å². The lowest BCUT2D eigenvalue weighted by molar-refractivity contribution is 0.124. The molecule has 1 aliphatic carbocycles.